The molecule has 3 amide bonds. The summed E-state index contributed by atoms with van der Waals surface area (Å²) in [5.41, 5.74) is 0.447. The number of ether oxygens (including phenoxy) is 1. The third-order valence-corrected chi connectivity index (χ3v) is 4.60. The number of fused-ring (bicyclic) bond motifs is 1. The molecule has 3 rings (SSSR count). The van der Waals surface area contributed by atoms with Crippen LogP contribution in [0.4, 0.5) is 4.79 Å². The molecule has 8 heteroatoms. The van der Waals surface area contributed by atoms with Gasteiger partial charge < -0.3 is 14.5 Å². The largest absolute Gasteiger partial charge is 0.445 e. The van der Waals surface area contributed by atoms with E-state index < -0.39 is 23.9 Å². The van der Waals surface area contributed by atoms with Crippen LogP contribution in [0.1, 0.15) is 40.0 Å². The number of carbonyl (C=O) groups excluding carboxylic acids is 4. The summed E-state index contributed by atoms with van der Waals surface area (Å²) in [5.74, 6) is -1.90. The van der Waals surface area contributed by atoms with Gasteiger partial charge in [0.1, 0.15) is 6.61 Å². The number of likely N-dealkylation sites (tertiary alicyclic amines) is 1. The zero-order valence-corrected chi connectivity index (χ0v) is 14.8. The van der Waals surface area contributed by atoms with Crippen LogP contribution in [0.25, 0.3) is 0 Å². The number of hydrogen-bond donors (Lipinski definition) is 0. The van der Waals surface area contributed by atoms with E-state index in [-0.39, 0.29) is 30.1 Å². The molecule has 1 aromatic carbocycles. The summed E-state index contributed by atoms with van der Waals surface area (Å²) in [6.07, 6.45) is 2.39. The molecule has 0 aliphatic carbocycles. The molecule has 1 saturated heterocycles. The van der Waals surface area contributed by atoms with Crippen LogP contribution in [0.3, 0.4) is 0 Å². The molecule has 0 N–H and O–H groups in total. The van der Waals surface area contributed by atoms with E-state index in [1.807, 2.05) is 0 Å². The van der Waals surface area contributed by atoms with E-state index in [1.54, 1.807) is 17.0 Å². The molecular weight excluding hydrogens is 352 g/mol. The Kier molecular flexibility index (Phi) is 5.54. The fourth-order valence-electron chi connectivity index (χ4n) is 3.17. The highest BCUT2D eigenvalue weighted by atomic mass is 16.7. The second-order valence-corrected chi connectivity index (χ2v) is 6.41. The Bertz CT molecular complexity index is 747. The number of amides is 3. The predicted molar refractivity (Wildman–Crippen MR) is 93.5 cm³/mol. The summed E-state index contributed by atoms with van der Waals surface area (Å²) in [6.45, 7) is 4.59. The second-order valence-electron chi connectivity index (χ2n) is 6.41. The fraction of sp³-hybridized carbons (Fsp3) is 0.368. The molecule has 2 heterocycles. The molecular formula is C19H20N2O6. The van der Waals surface area contributed by atoms with Crippen molar-refractivity contribution in [1.29, 1.82) is 0 Å². The van der Waals surface area contributed by atoms with Crippen molar-refractivity contribution in [1.82, 2.24) is 9.96 Å². The van der Waals surface area contributed by atoms with E-state index in [1.165, 1.54) is 18.2 Å². The first-order valence-corrected chi connectivity index (χ1v) is 8.72. The topological polar surface area (TPSA) is 93.2 Å². The standard InChI is InChI=1S/C19H20N2O6/c1-2-11-26-19(25)20-9-7-13(8-10-20)12-16(22)27-21-17(23)14-5-3-4-6-15(14)18(21)24/h2-6,13H,1,7-12H2. The van der Waals surface area contributed by atoms with Gasteiger partial charge in [-0.1, -0.05) is 29.9 Å². The molecule has 0 aromatic heterocycles. The lowest BCUT2D eigenvalue weighted by atomic mass is 9.94. The van der Waals surface area contributed by atoms with Crippen LogP contribution < -0.4 is 0 Å². The highest BCUT2D eigenvalue weighted by Gasteiger charge is 2.39. The molecule has 8 nitrogen and oxygen atoms in total. The van der Waals surface area contributed by atoms with Crippen LogP contribution >= 0.6 is 0 Å². The molecule has 0 spiro atoms. The van der Waals surface area contributed by atoms with Crippen LogP contribution in [-0.2, 0) is 14.4 Å². The molecule has 2 aliphatic rings. The minimum Gasteiger partial charge on any atom is -0.445 e. The maximum Gasteiger partial charge on any atom is 0.410 e. The number of rotatable bonds is 5. The minimum atomic E-state index is -0.641. The van der Waals surface area contributed by atoms with Gasteiger partial charge in [-0.2, -0.15) is 0 Å². The number of piperidine rings is 1. The van der Waals surface area contributed by atoms with Crippen LogP contribution in [-0.4, -0.2) is 53.5 Å². The third-order valence-electron chi connectivity index (χ3n) is 4.60. The third kappa shape index (κ3) is 3.99. The Hall–Kier alpha value is -3.16. The smallest absolute Gasteiger partial charge is 0.410 e. The Labute approximate surface area is 156 Å². The highest BCUT2D eigenvalue weighted by molar-refractivity contribution is 6.20. The first-order chi connectivity index (χ1) is 13.0. The maximum absolute atomic E-state index is 12.2. The molecule has 1 fully saturated rings. The van der Waals surface area contributed by atoms with Crippen molar-refractivity contribution in [2.75, 3.05) is 19.7 Å². The molecule has 27 heavy (non-hydrogen) atoms. The average Bonchev–Trinajstić information content (AvgIpc) is 2.92. The average molecular weight is 372 g/mol. The first-order valence-electron chi connectivity index (χ1n) is 8.72. The number of imide groups is 1. The number of benzene rings is 1. The summed E-state index contributed by atoms with van der Waals surface area (Å²) in [5, 5.41) is 0.523. The van der Waals surface area contributed by atoms with Gasteiger partial charge in [0.05, 0.1) is 17.5 Å². The fourth-order valence-corrected chi connectivity index (χ4v) is 3.17. The van der Waals surface area contributed by atoms with Gasteiger partial charge in [0.15, 0.2) is 0 Å². The lowest BCUT2D eigenvalue weighted by molar-refractivity contribution is -0.170. The van der Waals surface area contributed by atoms with Gasteiger partial charge in [-0.05, 0) is 30.9 Å². The van der Waals surface area contributed by atoms with Crippen molar-refractivity contribution in [3.8, 4) is 0 Å². The van der Waals surface area contributed by atoms with Crippen molar-refractivity contribution in [2.45, 2.75) is 19.3 Å². The number of hydrogen-bond acceptors (Lipinski definition) is 6. The van der Waals surface area contributed by atoms with Crippen LogP contribution in [0, 0.1) is 5.92 Å². The van der Waals surface area contributed by atoms with Crippen molar-refractivity contribution >= 4 is 23.9 Å². The Morgan fingerprint density at radius 2 is 1.70 bits per heavy atom. The van der Waals surface area contributed by atoms with Crippen molar-refractivity contribution < 1.29 is 28.8 Å². The molecule has 0 saturated carbocycles. The minimum absolute atomic E-state index is 0.0103. The normalized spacial score (nSPS) is 16.9. The second kappa shape index (κ2) is 8.03. The molecule has 0 bridgehead atoms. The van der Waals surface area contributed by atoms with Crippen LogP contribution in [0.15, 0.2) is 36.9 Å². The van der Waals surface area contributed by atoms with E-state index in [2.05, 4.69) is 6.58 Å². The van der Waals surface area contributed by atoms with Gasteiger partial charge in [-0.3, -0.25) is 9.59 Å². The maximum atomic E-state index is 12.2. The molecule has 142 valence electrons. The highest BCUT2D eigenvalue weighted by Crippen LogP contribution is 2.25. The molecule has 2 aliphatic heterocycles. The van der Waals surface area contributed by atoms with E-state index in [9.17, 15) is 19.2 Å². The van der Waals surface area contributed by atoms with E-state index in [0.29, 0.717) is 31.0 Å². The molecule has 0 radical (unpaired) electrons. The van der Waals surface area contributed by atoms with Crippen molar-refractivity contribution in [2.24, 2.45) is 5.92 Å². The quantitative estimate of drug-likeness (QED) is 0.581. The summed E-state index contributed by atoms with van der Waals surface area (Å²) in [4.78, 5) is 55.0. The van der Waals surface area contributed by atoms with E-state index >= 15 is 0 Å². The SMILES string of the molecule is C=CCOC(=O)N1CCC(CC(=O)ON2C(=O)c3ccccc3C2=O)CC1. The van der Waals surface area contributed by atoms with Gasteiger partial charge in [0.2, 0.25) is 0 Å². The first kappa shape index (κ1) is 18.6. The number of hydroxylamine groups is 2. The molecule has 0 atom stereocenters. The van der Waals surface area contributed by atoms with Gasteiger partial charge in [0.25, 0.3) is 11.8 Å². The predicted octanol–water partition coefficient (Wildman–Crippen LogP) is 2.17. The Morgan fingerprint density at radius 3 is 2.26 bits per heavy atom. The molecule has 0 unspecified atom stereocenters. The summed E-state index contributed by atoms with van der Waals surface area (Å²) in [7, 11) is 0. The monoisotopic (exact) mass is 372 g/mol. The van der Waals surface area contributed by atoms with E-state index in [4.69, 9.17) is 9.57 Å². The van der Waals surface area contributed by atoms with Crippen LogP contribution in [0.5, 0.6) is 0 Å². The lowest BCUT2D eigenvalue weighted by Gasteiger charge is -2.30. The van der Waals surface area contributed by atoms with E-state index in [0.717, 1.165) is 0 Å². The van der Waals surface area contributed by atoms with Gasteiger partial charge in [0, 0.05) is 13.1 Å². The van der Waals surface area contributed by atoms with Gasteiger partial charge in [-0.25, -0.2) is 9.59 Å². The van der Waals surface area contributed by atoms with Crippen LogP contribution in [0.2, 0.25) is 0 Å². The molecule has 1 aromatic rings. The Balaban J connectivity index is 1.49. The lowest BCUT2D eigenvalue weighted by Crippen LogP contribution is -2.40. The Morgan fingerprint density at radius 1 is 1.11 bits per heavy atom. The number of carbonyl (C=O) groups is 4. The van der Waals surface area contributed by atoms with Crippen molar-refractivity contribution in [3.05, 3.63) is 48.0 Å². The summed E-state index contributed by atoms with van der Waals surface area (Å²) in [6, 6.07) is 6.32. The summed E-state index contributed by atoms with van der Waals surface area (Å²) < 4.78 is 4.99. The van der Waals surface area contributed by atoms with Gasteiger partial charge >= 0.3 is 12.1 Å². The summed E-state index contributed by atoms with van der Waals surface area (Å²) >= 11 is 0. The van der Waals surface area contributed by atoms with Crippen molar-refractivity contribution in [3.63, 3.8) is 0 Å². The zero-order valence-electron chi connectivity index (χ0n) is 14.8. The zero-order chi connectivity index (χ0) is 19.4. The number of nitrogens with zero attached hydrogens (tertiary/aromatic N) is 2. The van der Waals surface area contributed by atoms with Gasteiger partial charge in [-0.15, -0.1) is 0 Å².